The topological polar surface area (TPSA) is 86.3 Å². The van der Waals surface area contributed by atoms with E-state index in [0.717, 1.165) is 23.6 Å². The lowest BCUT2D eigenvalue weighted by molar-refractivity contribution is 0.0784. The molecule has 0 spiro atoms. The number of amides is 1. The lowest BCUT2D eigenvalue weighted by Gasteiger charge is -2.14. The van der Waals surface area contributed by atoms with Crippen LogP contribution in [0, 0.1) is 6.92 Å². The molecule has 0 bridgehead atoms. The average Bonchev–Trinajstić information content (AvgIpc) is 3.13. The highest BCUT2D eigenvalue weighted by atomic mass is 35.5. The minimum atomic E-state index is -0.106. The molecule has 124 valence electrons. The summed E-state index contributed by atoms with van der Waals surface area (Å²) < 4.78 is 6.79. The monoisotopic (exact) mass is 337 g/mol. The minimum Gasteiger partial charge on any atom is -0.497 e. The molecule has 2 heterocycles. The molecule has 2 aromatic rings. The number of benzene rings is 1. The van der Waals surface area contributed by atoms with E-state index in [1.807, 2.05) is 31.2 Å². The summed E-state index contributed by atoms with van der Waals surface area (Å²) in [6.07, 6.45) is 0.831. The van der Waals surface area contributed by atoms with E-state index in [9.17, 15) is 4.79 Å². The van der Waals surface area contributed by atoms with Crippen molar-refractivity contribution >= 4 is 18.3 Å². The fourth-order valence-electron chi connectivity index (χ4n) is 2.62. The minimum absolute atomic E-state index is 0. The number of hydrogen-bond donors (Lipinski definition) is 1. The van der Waals surface area contributed by atoms with Crippen LogP contribution in [0.3, 0.4) is 0 Å². The van der Waals surface area contributed by atoms with Crippen LogP contribution in [0.5, 0.6) is 5.75 Å². The molecule has 1 fully saturated rings. The molecule has 23 heavy (non-hydrogen) atoms. The normalized spacial score (nSPS) is 17.0. The molecule has 0 saturated carbocycles. The van der Waals surface area contributed by atoms with Crippen molar-refractivity contribution in [2.24, 2.45) is 5.73 Å². The molecule has 1 atom stereocenters. The number of carbonyl (C=O) groups is 1. The van der Waals surface area contributed by atoms with Gasteiger partial charge in [0.1, 0.15) is 5.75 Å². The number of nitrogens with two attached hydrogens (primary N) is 1. The van der Waals surface area contributed by atoms with Crippen LogP contribution in [0.1, 0.15) is 22.6 Å². The number of methoxy groups -OCH3 is 1. The third kappa shape index (κ3) is 3.30. The van der Waals surface area contributed by atoms with Crippen LogP contribution in [-0.2, 0) is 0 Å². The van der Waals surface area contributed by atoms with E-state index in [1.165, 1.54) is 0 Å². The van der Waals surface area contributed by atoms with Gasteiger partial charge in [-0.2, -0.15) is 0 Å². The molecule has 1 aliphatic rings. The van der Waals surface area contributed by atoms with E-state index in [4.69, 9.17) is 10.5 Å². The molecule has 0 unspecified atom stereocenters. The van der Waals surface area contributed by atoms with Crippen molar-refractivity contribution in [1.29, 1.82) is 0 Å². The van der Waals surface area contributed by atoms with Crippen molar-refractivity contribution in [3.05, 3.63) is 35.7 Å². The predicted molar refractivity (Wildman–Crippen MR) is 88.4 cm³/mol. The molecule has 1 aromatic heterocycles. The van der Waals surface area contributed by atoms with Gasteiger partial charge in [-0.15, -0.1) is 17.5 Å². The Kier molecular flexibility index (Phi) is 5.23. The first-order valence-corrected chi connectivity index (χ1v) is 7.21. The van der Waals surface area contributed by atoms with Gasteiger partial charge in [0.25, 0.3) is 5.91 Å². The standard InChI is InChI=1S/C15H19N5O2.ClH/c1-10-14(15(21)19-8-7-11(16)9-19)17-18-20(10)12-3-5-13(22-2)6-4-12;/h3-6,11H,7-9,16H2,1-2H3;1H/t11-;/m1./s1. The van der Waals surface area contributed by atoms with E-state index >= 15 is 0 Å². The van der Waals surface area contributed by atoms with E-state index in [0.29, 0.717) is 18.8 Å². The zero-order chi connectivity index (χ0) is 15.7. The third-order valence-corrected chi connectivity index (χ3v) is 3.93. The van der Waals surface area contributed by atoms with Gasteiger partial charge in [0.15, 0.2) is 5.69 Å². The highest BCUT2D eigenvalue weighted by Gasteiger charge is 2.28. The molecule has 7 nitrogen and oxygen atoms in total. The molecule has 1 amide bonds. The molecule has 1 aromatic carbocycles. The van der Waals surface area contributed by atoms with Crippen molar-refractivity contribution in [1.82, 2.24) is 19.9 Å². The van der Waals surface area contributed by atoms with E-state index in [1.54, 1.807) is 16.7 Å². The second kappa shape index (κ2) is 6.97. The average molecular weight is 338 g/mol. The van der Waals surface area contributed by atoms with E-state index < -0.39 is 0 Å². The van der Waals surface area contributed by atoms with Gasteiger partial charge in [0.2, 0.25) is 0 Å². The quantitative estimate of drug-likeness (QED) is 0.908. The number of ether oxygens (including phenoxy) is 1. The fraction of sp³-hybridized carbons (Fsp3) is 0.400. The molecular formula is C15H20ClN5O2. The highest BCUT2D eigenvalue weighted by Crippen LogP contribution is 2.18. The predicted octanol–water partition coefficient (Wildman–Crippen LogP) is 1.18. The van der Waals surface area contributed by atoms with Gasteiger partial charge in [-0.1, -0.05) is 5.21 Å². The molecule has 8 heteroatoms. The summed E-state index contributed by atoms with van der Waals surface area (Å²) in [5.41, 5.74) is 7.79. The SMILES string of the molecule is COc1ccc(-n2nnc(C(=O)N3CC[C@@H](N)C3)c2C)cc1.Cl. The fourth-order valence-corrected chi connectivity index (χ4v) is 2.62. The van der Waals surface area contributed by atoms with Crippen LogP contribution < -0.4 is 10.5 Å². The molecule has 3 rings (SSSR count). The van der Waals surface area contributed by atoms with Crippen LogP contribution in [0.4, 0.5) is 0 Å². The Morgan fingerprint density at radius 3 is 2.61 bits per heavy atom. The molecule has 0 aliphatic carbocycles. The van der Waals surface area contributed by atoms with Gasteiger partial charge in [-0.05, 0) is 37.6 Å². The number of halogens is 1. The first kappa shape index (κ1) is 17.2. The van der Waals surface area contributed by atoms with Gasteiger partial charge in [-0.25, -0.2) is 4.68 Å². The highest BCUT2D eigenvalue weighted by molar-refractivity contribution is 5.93. The van der Waals surface area contributed by atoms with Crippen molar-refractivity contribution < 1.29 is 9.53 Å². The lowest BCUT2D eigenvalue weighted by Crippen LogP contribution is -2.32. The van der Waals surface area contributed by atoms with Crippen LogP contribution in [0.2, 0.25) is 0 Å². The van der Waals surface area contributed by atoms with Crippen molar-refractivity contribution in [2.75, 3.05) is 20.2 Å². The third-order valence-electron chi connectivity index (χ3n) is 3.93. The first-order chi connectivity index (χ1) is 10.6. The number of nitrogens with zero attached hydrogens (tertiary/aromatic N) is 4. The number of aromatic nitrogens is 3. The van der Waals surface area contributed by atoms with Gasteiger partial charge in [-0.3, -0.25) is 4.79 Å². The Morgan fingerprint density at radius 2 is 2.04 bits per heavy atom. The number of rotatable bonds is 3. The maximum absolute atomic E-state index is 12.5. The molecule has 0 radical (unpaired) electrons. The second-order valence-corrected chi connectivity index (χ2v) is 5.43. The number of likely N-dealkylation sites (tertiary alicyclic amines) is 1. The van der Waals surface area contributed by atoms with Gasteiger partial charge >= 0.3 is 0 Å². The zero-order valence-electron chi connectivity index (χ0n) is 13.1. The van der Waals surface area contributed by atoms with Crippen LogP contribution in [0.25, 0.3) is 5.69 Å². The zero-order valence-corrected chi connectivity index (χ0v) is 13.9. The Labute approximate surface area is 140 Å². The smallest absolute Gasteiger partial charge is 0.276 e. The largest absolute Gasteiger partial charge is 0.497 e. The summed E-state index contributed by atoms with van der Waals surface area (Å²) >= 11 is 0. The maximum Gasteiger partial charge on any atom is 0.276 e. The van der Waals surface area contributed by atoms with Gasteiger partial charge in [0.05, 0.1) is 18.5 Å². The summed E-state index contributed by atoms with van der Waals surface area (Å²) in [5, 5.41) is 8.15. The molecule has 1 saturated heterocycles. The van der Waals surface area contributed by atoms with Crippen LogP contribution in [0.15, 0.2) is 24.3 Å². The van der Waals surface area contributed by atoms with Gasteiger partial charge in [0, 0.05) is 19.1 Å². The maximum atomic E-state index is 12.5. The summed E-state index contributed by atoms with van der Waals surface area (Å²) in [6.45, 7) is 3.09. The molecule has 1 aliphatic heterocycles. The van der Waals surface area contributed by atoms with E-state index in [-0.39, 0.29) is 24.4 Å². The lowest BCUT2D eigenvalue weighted by atomic mass is 10.2. The molecular weight excluding hydrogens is 318 g/mol. The Bertz CT molecular complexity index is 686. The van der Waals surface area contributed by atoms with Crippen molar-refractivity contribution in [3.8, 4) is 11.4 Å². The molecule has 2 N–H and O–H groups in total. The summed E-state index contributed by atoms with van der Waals surface area (Å²) in [7, 11) is 1.62. The Hall–Kier alpha value is -2.12. The first-order valence-electron chi connectivity index (χ1n) is 7.21. The van der Waals surface area contributed by atoms with Gasteiger partial charge < -0.3 is 15.4 Å². The van der Waals surface area contributed by atoms with E-state index in [2.05, 4.69) is 10.3 Å². The number of carbonyl (C=O) groups excluding carboxylic acids is 1. The Morgan fingerprint density at radius 1 is 1.35 bits per heavy atom. The number of hydrogen-bond acceptors (Lipinski definition) is 5. The summed E-state index contributed by atoms with van der Waals surface area (Å²) in [4.78, 5) is 14.2. The van der Waals surface area contributed by atoms with Crippen LogP contribution >= 0.6 is 12.4 Å². The Balaban J connectivity index is 0.00000192. The van der Waals surface area contributed by atoms with Crippen molar-refractivity contribution in [2.45, 2.75) is 19.4 Å². The van der Waals surface area contributed by atoms with Crippen molar-refractivity contribution in [3.63, 3.8) is 0 Å². The summed E-state index contributed by atoms with van der Waals surface area (Å²) in [6, 6.07) is 7.50. The second-order valence-electron chi connectivity index (χ2n) is 5.43. The van der Waals surface area contributed by atoms with Crippen LogP contribution in [-0.4, -0.2) is 52.0 Å². The summed E-state index contributed by atoms with van der Waals surface area (Å²) in [5.74, 6) is 0.661.